The molecule has 0 saturated heterocycles. The molecular formula is C15H11F3N2. The molecule has 0 aromatic heterocycles. The van der Waals surface area contributed by atoms with Crippen molar-refractivity contribution < 1.29 is 13.2 Å². The number of anilines is 1. The van der Waals surface area contributed by atoms with E-state index in [1.165, 1.54) is 0 Å². The van der Waals surface area contributed by atoms with Gasteiger partial charge in [0.05, 0.1) is 12.5 Å². The van der Waals surface area contributed by atoms with Crippen LogP contribution in [0.15, 0.2) is 36.4 Å². The van der Waals surface area contributed by atoms with Gasteiger partial charge >= 0.3 is 0 Å². The zero-order chi connectivity index (χ0) is 14.5. The summed E-state index contributed by atoms with van der Waals surface area (Å²) in [5.41, 5.74) is 1.94. The normalized spacial score (nSPS) is 10.1. The zero-order valence-electron chi connectivity index (χ0n) is 10.5. The zero-order valence-corrected chi connectivity index (χ0v) is 10.5. The lowest BCUT2D eigenvalue weighted by Crippen LogP contribution is -2.02. The number of hydrogen-bond donors (Lipinski definition) is 1. The Bertz CT molecular complexity index is 622. The predicted octanol–water partition coefficient (Wildman–Crippen LogP) is 3.78. The highest BCUT2D eigenvalue weighted by molar-refractivity contribution is 5.45. The molecule has 20 heavy (non-hydrogen) atoms. The van der Waals surface area contributed by atoms with Crippen molar-refractivity contribution in [2.75, 3.05) is 5.32 Å². The average molecular weight is 276 g/mol. The number of nitrogens with one attached hydrogen (secondary N) is 1. The maximum absolute atomic E-state index is 13.0. The fourth-order valence-electron chi connectivity index (χ4n) is 1.75. The van der Waals surface area contributed by atoms with E-state index in [0.29, 0.717) is 12.0 Å². The average Bonchev–Trinajstić information content (AvgIpc) is 2.44. The summed E-state index contributed by atoms with van der Waals surface area (Å²) >= 11 is 0. The highest BCUT2D eigenvalue weighted by Crippen LogP contribution is 2.16. The van der Waals surface area contributed by atoms with E-state index < -0.39 is 17.5 Å². The first kappa shape index (κ1) is 13.9. The van der Waals surface area contributed by atoms with Crippen molar-refractivity contribution >= 4 is 5.69 Å². The molecule has 0 atom stereocenters. The van der Waals surface area contributed by atoms with Crippen LogP contribution < -0.4 is 5.32 Å². The van der Waals surface area contributed by atoms with Gasteiger partial charge in [-0.05, 0) is 35.4 Å². The fourth-order valence-corrected chi connectivity index (χ4v) is 1.75. The third-order valence-corrected chi connectivity index (χ3v) is 2.78. The minimum atomic E-state index is -1.46. The van der Waals surface area contributed by atoms with Gasteiger partial charge in [-0.2, -0.15) is 5.26 Å². The summed E-state index contributed by atoms with van der Waals surface area (Å²) in [5.74, 6) is -3.87. The summed E-state index contributed by atoms with van der Waals surface area (Å²) in [5, 5.41) is 11.5. The molecule has 2 nitrogen and oxygen atoms in total. The molecule has 1 N–H and O–H groups in total. The molecule has 0 amide bonds. The van der Waals surface area contributed by atoms with E-state index in [0.717, 1.165) is 23.4 Å². The van der Waals surface area contributed by atoms with Gasteiger partial charge in [0.1, 0.15) is 0 Å². The van der Waals surface area contributed by atoms with Gasteiger partial charge in [0.15, 0.2) is 17.5 Å². The largest absolute Gasteiger partial charge is 0.381 e. The highest BCUT2D eigenvalue weighted by Gasteiger charge is 2.10. The Morgan fingerprint density at radius 3 is 2.10 bits per heavy atom. The van der Waals surface area contributed by atoms with E-state index in [1.807, 2.05) is 6.07 Å². The Kier molecular flexibility index (Phi) is 4.26. The molecule has 0 radical (unpaired) electrons. The number of hydrogen-bond acceptors (Lipinski definition) is 2. The van der Waals surface area contributed by atoms with Crippen LogP contribution in [-0.2, 0) is 13.0 Å². The van der Waals surface area contributed by atoms with Crippen LogP contribution in [-0.4, -0.2) is 0 Å². The Morgan fingerprint density at radius 1 is 0.950 bits per heavy atom. The Hall–Kier alpha value is -2.48. The summed E-state index contributed by atoms with van der Waals surface area (Å²) in [6.45, 7) is 0.172. The van der Waals surface area contributed by atoms with Crippen molar-refractivity contribution in [3.05, 3.63) is 65.0 Å². The van der Waals surface area contributed by atoms with Crippen LogP contribution in [0.25, 0.3) is 0 Å². The molecular weight excluding hydrogens is 265 g/mol. The molecule has 0 unspecified atom stereocenters. The summed E-state index contributed by atoms with van der Waals surface area (Å²) in [6.07, 6.45) is 0.328. The van der Waals surface area contributed by atoms with E-state index in [4.69, 9.17) is 5.26 Å². The van der Waals surface area contributed by atoms with E-state index in [-0.39, 0.29) is 6.54 Å². The van der Waals surface area contributed by atoms with E-state index in [9.17, 15) is 13.2 Å². The number of halogens is 3. The summed E-state index contributed by atoms with van der Waals surface area (Å²) < 4.78 is 38.9. The van der Waals surface area contributed by atoms with Gasteiger partial charge in [0, 0.05) is 12.2 Å². The van der Waals surface area contributed by atoms with Gasteiger partial charge in [-0.15, -0.1) is 0 Å². The highest BCUT2D eigenvalue weighted by atomic mass is 19.2. The summed E-state index contributed by atoms with van der Waals surface area (Å²) in [7, 11) is 0. The SMILES string of the molecule is N#CCc1ccc(NCc2cc(F)c(F)c(F)c2)cc1. The first-order valence-corrected chi connectivity index (χ1v) is 5.93. The lowest BCUT2D eigenvalue weighted by Gasteiger charge is -2.08. The van der Waals surface area contributed by atoms with Crippen LogP contribution in [0.5, 0.6) is 0 Å². The van der Waals surface area contributed by atoms with Crippen molar-refractivity contribution in [2.45, 2.75) is 13.0 Å². The molecule has 0 fully saturated rings. The molecule has 0 aliphatic carbocycles. The quantitative estimate of drug-likeness (QED) is 0.862. The van der Waals surface area contributed by atoms with Gasteiger partial charge in [0.2, 0.25) is 0 Å². The Morgan fingerprint density at radius 2 is 1.55 bits per heavy atom. The second kappa shape index (κ2) is 6.11. The maximum atomic E-state index is 13.0. The molecule has 0 aliphatic heterocycles. The lowest BCUT2D eigenvalue weighted by atomic mass is 10.1. The third-order valence-electron chi connectivity index (χ3n) is 2.78. The standard InChI is InChI=1S/C15H11F3N2/c16-13-7-11(8-14(17)15(13)18)9-20-12-3-1-10(2-4-12)5-6-19/h1-4,7-8,20H,5,9H2. The molecule has 0 bridgehead atoms. The Labute approximate surface area is 114 Å². The molecule has 0 heterocycles. The monoisotopic (exact) mass is 276 g/mol. The van der Waals surface area contributed by atoms with E-state index in [1.54, 1.807) is 24.3 Å². The smallest absolute Gasteiger partial charge is 0.194 e. The van der Waals surface area contributed by atoms with Gasteiger partial charge in [-0.3, -0.25) is 0 Å². The lowest BCUT2D eigenvalue weighted by molar-refractivity contribution is 0.445. The van der Waals surface area contributed by atoms with E-state index >= 15 is 0 Å². The molecule has 5 heteroatoms. The van der Waals surface area contributed by atoms with Gasteiger partial charge in [-0.25, -0.2) is 13.2 Å². The number of nitrogens with zero attached hydrogens (tertiary/aromatic N) is 1. The van der Waals surface area contributed by atoms with Crippen LogP contribution in [0.3, 0.4) is 0 Å². The second-order valence-corrected chi connectivity index (χ2v) is 4.26. The fraction of sp³-hybridized carbons (Fsp3) is 0.133. The van der Waals surface area contributed by atoms with Crippen LogP contribution in [0.1, 0.15) is 11.1 Å². The number of rotatable bonds is 4. The summed E-state index contributed by atoms with van der Waals surface area (Å²) in [6, 6.07) is 11.1. The van der Waals surface area contributed by atoms with Gasteiger partial charge < -0.3 is 5.32 Å². The van der Waals surface area contributed by atoms with Crippen molar-refractivity contribution in [1.29, 1.82) is 5.26 Å². The topological polar surface area (TPSA) is 35.8 Å². The van der Waals surface area contributed by atoms with Gasteiger partial charge in [0.25, 0.3) is 0 Å². The molecule has 0 saturated carbocycles. The molecule has 2 rings (SSSR count). The molecule has 102 valence electrons. The molecule has 2 aromatic carbocycles. The molecule has 0 spiro atoms. The van der Waals surface area contributed by atoms with Crippen molar-refractivity contribution in [2.24, 2.45) is 0 Å². The Balaban J connectivity index is 2.03. The molecule has 0 aliphatic rings. The third kappa shape index (κ3) is 3.29. The maximum Gasteiger partial charge on any atom is 0.194 e. The predicted molar refractivity (Wildman–Crippen MR) is 69.4 cm³/mol. The van der Waals surface area contributed by atoms with Crippen LogP contribution in [0.4, 0.5) is 18.9 Å². The number of benzene rings is 2. The summed E-state index contributed by atoms with van der Waals surface area (Å²) in [4.78, 5) is 0. The van der Waals surface area contributed by atoms with Crippen LogP contribution in [0, 0.1) is 28.8 Å². The van der Waals surface area contributed by atoms with Crippen molar-refractivity contribution in [1.82, 2.24) is 0 Å². The van der Waals surface area contributed by atoms with Crippen molar-refractivity contribution in [3.8, 4) is 6.07 Å². The number of nitriles is 1. The van der Waals surface area contributed by atoms with Crippen LogP contribution >= 0.6 is 0 Å². The van der Waals surface area contributed by atoms with Crippen molar-refractivity contribution in [3.63, 3.8) is 0 Å². The minimum absolute atomic E-state index is 0.172. The second-order valence-electron chi connectivity index (χ2n) is 4.26. The van der Waals surface area contributed by atoms with E-state index in [2.05, 4.69) is 5.32 Å². The first-order chi connectivity index (χ1) is 9.60. The van der Waals surface area contributed by atoms with Gasteiger partial charge in [-0.1, -0.05) is 12.1 Å². The molecule has 2 aromatic rings. The first-order valence-electron chi connectivity index (χ1n) is 5.93. The van der Waals surface area contributed by atoms with Crippen LogP contribution in [0.2, 0.25) is 0 Å². The minimum Gasteiger partial charge on any atom is -0.381 e.